The minimum atomic E-state index is -0.879. The number of nitrogens with zero attached hydrogens (tertiary/aromatic N) is 4. The monoisotopic (exact) mass is 264 g/mol. The molecule has 0 bridgehead atoms. The number of carbonyl (C=O) groups is 1. The summed E-state index contributed by atoms with van der Waals surface area (Å²) in [6.45, 7) is 2.13. The molecule has 0 saturated heterocycles. The first kappa shape index (κ1) is 13.1. The molecule has 0 fully saturated rings. The number of aryl methyl sites for hydroxylation is 2. The van der Waals surface area contributed by atoms with Crippen molar-refractivity contribution in [2.75, 3.05) is 0 Å². The van der Waals surface area contributed by atoms with Crippen LogP contribution in [0.15, 0.2) is 18.2 Å². The number of carboxylic acids is 1. The quantitative estimate of drug-likeness (QED) is 0.888. The van der Waals surface area contributed by atoms with Crippen molar-refractivity contribution in [2.45, 2.75) is 26.3 Å². The third-order valence-electron chi connectivity index (χ3n) is 2.66. The van der Waals surface area contributed by atoms with Crippen LogP contribution in [0, 0.1) is 12.7 Å². The highest BCUT2D eigenvalue weighted by atomic mass is 19.1. The molecule has 1 N–H and O–H groups in total. The Kier molecular flexibility index (Phi) is 3.84. The SMILES string of the molecule is Cc1ccc(-c2nnnn2CCCC(=O)O)c(F)c1. The van der Waals surface area contributed by atoms with Crippen molar-refractivity contribution in [3.63, 3.8) is 0 Å². The molecule has 1 aromatic carbocycles. The van der Waals surface area contributed by atoms with E-state index in [4.69, 9.17) is 5.11 Å². The Labute approximate surface area is 108 Å². The largest absolute Gasteiger partial charge is 0.481 e. The predicted molar refractivity (Wildman–Crippen MR) is 64.8 cm³/mol. The Morgan fingerprint density at radius 2 is 2.26 bits per heavy atom. The lowest BCUT2D eigenvalue weighted by Gasteiger charge is -2.05. The average molecular weight is 264 g/mol. The van der Waals surface area contributed by atoms with Crippen LogP contribution in [0.4, 0.5) is 4.39 Å². The van der Waals surface area contributed by atoms with Gasteiger partial charge in [0.2, 0.25) is 0 Å². The van der Waals surface area contributed by atoms with Gasteiger partial charge in [-0.15, -0.1) is 5.10 Å². The third-order valence-corrected chi connectivity index (χ3v) is 2.66. The van der Waals surface area contributed by atoms with Crippen molar-refractivity contribution in [2.24, 2.45) is 0 Å². The van der Waals surface area contributed by atoms with Gasteiger partial charge in [0, 0.05) is 13.0 Å². The maximum atomic E-state index is 13.8. The van der Waals surface area contributed by atoms with Gasteiger partial charge in [-0.25, -0.2) is 9.07 Å². The molecular weight excluding hydrogens is 251 g/mol. The van der Waals surface area contributed by atoms with Gasteiger partial charge in [0.1, 0.15) is 5.82 Å². The molecule has 0 spiro atoms. The summed E-state index contributed by atoms with van der Waals surface area (Å²) < 4.78 is 15.3. The third kappa shape index (κ3) is 3.12. The van der Waals surface area contributed by atoms with Crippen LogP contribution in [-0.2, 0) is 11.3 Å². The van der Waals surface area contributed by atoms with Crippen LogP contribution in [0.2, 0.25) is 0 Å². The van der Waals surface area contributed by atoms with Crippen LogP contribution in [0.25, 0.3) is 11.4 Å². The fourth-order valence-corrected chi connectivity index (χ4v) is 1.73. The van der Waals surface area contributed by atoms with E-state index in [2.05, 4.69) is 15.5 Å². The summed E-state index contributed by atoms with van der Waals surface area (Å²) in [6.07, 6.45) is 0.413. The average Bonchev–Trinajstić information content (AvgIpc) is 2.77. The standard InChI is InChI=1S/C12H13FN4O2/c1-8-4-5-9(10(13)7-8)12-14-15-16-17(12)6-2-3-11(18)19/h4-5,7H,2-3,6H2,1H3,(H,18,19). The number of aromatic nitrogens is 4. The van der Waals surface area contributed by atoms with E-state index < -0.39 is 11.8 Å². The zero-order chi connectivity index (χ0) is 13.8. The van der Waals surface area contributed by atoms with E-state index in [9.17, 15) is 9.18 Å². The van der Waals surface area contributed by atoms with Gasteiger partial charge in [-0.1, -0.05) is 6.07 Å². The molecule has 0 unspecified atom stereocenters. The Morgan fingerprint density at radius 3 is 2.95 bits per heavy atom. The highest BCUT2D eigenvalue weighted by Gasteiger charge is 2.13. The van der Waals surface area contributed by atoms with Crippen LogP contribution in [0.3, 0.4) is 0 Å². The van der Waals surface area contributed by atoms with Crippen molar-refractivity contribution in [3.05, 3.63) is 29.6 Å². The summed E-state index contributed by atoms with van der Waals surface area (Å²) in [4.78, 5) is 10.5. The molecule has 0 saturated carbocycles. The van der Waals surface area contributed by atoms with Gasteiger partial charge in [0.15, 0.2) is 5.82 Å². The maximum Gasteiger partial charge on any atom is 0.303 e. The van der Waals surface area contributed by atoms with E-state index >= 15 is 0 Å². The van der Waals surface area contributed by atoms with E-state index in [1.54, 1.807) is 19.1 Å². The highest BCUT2D eigenvalue weighted by Crippen LogP contribution is 2.21. The summed E-state index contributed by atoms with van der Waals surface area (Å²) in [5.41, 5.74) is 1.12. The van der Waals surface area contributed by atoms with Crippen molar-refractivity contribution in [1.82, 2.24) is 20.2 Å². The molecule has 1 aromatic heterocycles. The normalized spacial score (nSPS) is 10.6. The summed E-state index contributed by atoms with van der Waals surface area (Å²) in [5, 5.41) is 19.6. The fourth-order valence-electron chi connectivity index (χ4n) is 1.73. The maximum absolute atomic E-state index is 13.8. The van der Waals surface area contributed by atoms with Gasteiger partial charge in [-0.2, -0.15) is 0 Å². The molecule has 0 amide bonds. The number of hydrogen-bond acceptors (Lipinski definition) is 4. The summed E-state index contributed by atoms with van der Waals surface area (Å²) in [7, 11) is 0. The van der Waals surface area contributed by atoms with Crippen LogP contribution in [-0.4, -0.2) is 31.3 Å². The van der Waals surface area contributed by atoms with Gasteiger partial charge in [0.05, 0.1) is 5.56 Å². The molecule has 19 heavy (non-hydrogen) atoms. The predicted octanol–water partition coefficient (Wildman–Crippen LogP) is 1.65. The van der Waals surface area contributed by atoms with Gasteiger partial charge >= 0.3 is 5.97 Å². The summed E-state index contributed by atoms with van der Waals surface area (Å²) in [5.74, 6) is -0.965. The Hall–Kier alpha value is -2.31. The number of carboxylic acid groups (broad SMARTS) is 1. The smallest absolute Gasteiger partial charge is 0.303 e. The van der Waals surface area contributed by atoms with Crippen molar-refractivity contribution >= 4 is 5.97 Å². The minimum Gasteiger partial charge on any atom is -0.481 e. The lowest BCUT2D eigenvalue weighted by atomic mass is 10.1. The highest BCUT2D eigenvalue weighted by molar-refractivity contribution is 5.66. The molecule has 100 valence electrons. The van der Waals surface area contributed by atoms with Crippen LogP contribution in [0.5, 0.6) is 0 Å². The summed E-state index contributed by atoms with van der Waals surface area (Å²) in [6, 6.07) is 4.80. The molecule has 0 radical (unpaired) electrons. The number of aliphatic carboxylic acids is 1. The molecular formula is C12H13FN4O2. The van der Waals surface area contributed by atoms with Crippen molar-refractivity contribution in [1.29, 1.82) is 0 Å². The van der Waals surface area contributed by atoms with Crippen LogP contribution in [0.1, 0.15) is 18.4 Å². The Bertz CT molecular complexity index is 597. The number of tetrazole rings is 1. The number of halogens is 1. The van der Waals surface area contributed by atoms with E-state index in [1.165, 1.54) is 10.7 Å². The zero-order valence-corrected chi connectivity index (χ0v) is 10.4. The Balaban J connectivity index is 2.21. The van der Waals surface area contributed by atoms with Gasteiger partial charge < -0.3 is 5.11 Å². The molecule has 7 heteroatoms. The van der Waals surface area contributed by atoms with E-state index in [1.807, 2.05) is 0 Å². The van der Waals surface area contributed by atoms with Crippen LogP contribution >= 0.6 is 0 Å². The molecule has 6 nitrogen and oxygen atoms in total. The second kappa shape index (κ2) is 5.55. The lowest BCUT2D eigenvalue weighted by Crippen LogP contribution is -2.06. The first-order valence-electron chi connectivity index (χ1n) is 5.82. The molecule has 0 aliphatic rings. The van der Waals surface area contributed by atoms with Gasteiger partial charge in [-0.05, 0) is 41.5 Å². The second-order valence-electron chi connectivity index (χ2n) is 4.21. The van der Waals surface area contributed by atoms with Gasteiger partial charge in [0.25, 0.3) is 0 Å². The topological polar surface area (TPSA) is 80.9 Å². The zero-order valence-electron chi connectivity index (χ0n) is 10.4. The molecule has 1 heterocycles. The van der Waals surface area contributed by atoms with Gasteiger partial charge in [-0.3, -0.25) is 4.79 Å². The van der Waals surface area contributed by atoms with Crippen LogP contribution < -0.4 is 0 Å². The first-order valence-corrected chi connectivity index (χ1v) is 5.82. The number of hydrogen-bond donors (Lipinski definition) is 1. The molecule has 2 rings (SSSR count). The molecule has 0 aliphatic heterocycles. The summed E-state index contributed by atoms with van der Waals surface area (Å²) >= 11 is 0. The van der Waals surface area contributed by atoms with E-state index in [0.29, 0.717) is 24.4 Å². The number of rotatable bonds is 5. The Morgan fingerprint density at radius 1 is 1.47 bits per heavy atom. The van der Waals surface area contributed by atoms with E-state index in [-0.39, 0.29) is 6.42 Å². The van der Waals surface area contributed by atoms with E-state index in [0.717, 1.165) is 5.56 Å². The second-order valence-corrected chi connectivity index (χ2v) is 4.21. The first-order chi connectivity index (χ1) is 9.08. The van der Waals surface area contributed by atoms with Crippen molar-refractivity contribution in [3.8, 4) is 11.4 Å². The molecule has 2 aromatic rings. The van der Waals surface area contributed by atoms with Crippen molar-refractivity contribution < 1.29 is 14.3 Å². The fraction of sp³-hybridized carbons (Fsp3) is 0.333. The number of benzene rings is 1. The minimum absolute atomic E-state index is 0.0235. The molecule has 0 aliphatic carbocycles. The molecule has 0 atom stereocenters. The lowest BCUT2D eigenvalue weighted by molar-refractivity contribution is -0.137.